The molecule has 0 amide bonds. The van der Waals surface area contributed by atoms with Gasteiger partial charge >= 0.3 is 0 Å². The number of amidine groups is 2. The zero-order valence-electron chi connectivity index (χ0n) is 13.3. The first kappa shape index (κ1) is 15.7. The van der Waals surface area contributed by atoms with Gasteiger partial charge in [-0.2, -0.15) is 0 Å². The van der Waals surface area contributed by atoms with Crippen LogP contribution in [0.15, 0.2) is 101 Å². The molecule has 3 nitrogen and oxygen atoms in total. The molecule has 0 unspecified atom stereocenters. The van der Waals surface area contributed by atoms with Crippen LogP contribution < -0.4 is 0 Å². The van der Waals surface area contributed by atoms with Crippen molar-refractivity contribution >= 4 is 17.4 Å². The number of hydrogen-bond donors (Lipinski definition) is 0. The summed E-state index contributed by atoms with van der Waals surface area (Å²) in [6.07, 6.45) is 0.488. The quantitative estimate of drug-likeness (QED) is 0.454. The molecule has 0 aliphatic heterocycles. The Morgan fingerprint density at radius 3 is 1.88 bits per heavy atom. The van der Waals surface area contributed by atoms with Gasteiger partial charge in [-0.25, -0.2) is 0 Å². The summed E-state index contributed by atoms with van der Waals surface area (Å²) in [7, 11) is 0. The lowest BCUT2D eigenvalue weighted by atomic mass is 10.1. The average molecular weight is 312 g/mol. The van der Waals surface area contributed by atoms with Gasteiger partial charge in [-0.1, -0.05) is 84.7 Å². The van der Waals surface area contributed by atoms with Gasteiger partial charge in [-0.15, -0.1) is 0 Å². The molecule has 118 valence electrons. The van der Waals surface area contributed by atoms with E-state index in [1.165, 1.54) is 0 Å². The molecule has 0 aliphatic carbocycles. The van der Waals surface area contributed by atoms with Gasteiger partial charge in [0.15, 0.2) is 0 Å². The number of aliphatic imine (C=N–C) groups is 2. The molecule has 3 heteroatoms. The molecule has 0 aromatic heterocycles. The van der Waals surface area contributed by atoms with E-state index in [-0.39, 0.29) is 0 Å². The fraction of sp³-hybridized carbons (Fsp3) is 0.0476. The van der Waals surface area contributed by atoms with Crippen LogP contribution in [-0.2, 0) is 6.42 Å². The van der Waals surface area contributed by atoms with Crippen molar-refractivity contribution in [1.82, 2.24) is 0 Å². The second-order valence-corrected chi connectivity index (χ2v) is 5.36. The standard InChI is InChI=1S/C21H18N3/c22-20(16-17-10-4-1-5-11-17)24-21(18-12-6-2-7-13-18)23-19-14-8-3-9-15-19/h1-15H,16H2,(H-,22,23,24)/q-1. The number of nitrogens with one attached hydrogen (secondary N) is 1. The molecule has 0 bridgehead atoms. The summed E-state index contributed by atoms with van der Waals surface area (Å²) < 4.78 is 0. The lowest BCUT2D eigenvalue weighted by Crippen LogP contribution is -2.04. The van der Waals surface area contributed by atoms with E-state index in [9.17, 15) is 0 Å². The Morgan fingerprint density at radius 2 is 1.25 bits per heavy atom. The van der Waals surface area contributed by atoms with E-state index in [0.29, 0.717) is 18.1 Å². The summed E-state index contributed by atoms with van der Waals surface area (Å²) >= 11 is 0. The fourth-order valence-corrected chi connectivity index (χ4v) is 2.32. The highest BCUT2D eigenvalue weighted by atomic mass is 15.0. The number of rotatable bonds is 4. The Balaban J connectivity index is 1.93. The van der Waals surface area contributed by atoms with E-state index in [2.05, 4.69) is 9.98 Å². The second kappa shape index (κ2) is 7.88. The van der Waals surface area contributed by atoms with E-state index in [1.54, 1.807) is 0 Å². The van der Waals surface area contributed by atoms with Gasteiger partial charge in [0.05, 0.1) is 11.5 Å². The first-order chi connectivity index (χ1) is 11.8. The van der Waals surface area contributed by atoms with Gasteiger partial charge < -0.3 is 10.7 Å². The van der Waals surface area contributed by atoms with Crippen LogP contribution in [-0.4, -0.2) is 11.7 Å². The van der Waals surface area contributed by atoms with Crippen molar-refractivity contribution in [2.75, 3.05) is 0 Å². The molecule has 3 aromatic carbocycles. The predicted octanol–water partition coefficient (Wildman–Crippen LogP) is 5.46. The van der Waals surface area contributed by atoms with Crippen molar-refractivity contribution < 1.29 is 0 Å². The largest absolute Gasteiger partial charge is 0.485 e. The molecule has 0 radical (unpaired) electrons. The van der Waals surface area contributed by atoms with E-state index < -0.39 is 0 Å². The summed E-state index contributed by atoms with van der Waals surface area (Å²) in [6.45, 7) is 0. The smallest absolute Gasteiger partial charge is 0.0632 e. The van der Waals surface area contributed by atoms with E-state index >= 15 is 0 Å². The number of nitrogens with zero attached hydrogens (tertiary/aromatic N) is 2. The summed E-state index contributed by atoms with van der Waals surface area (Å²) in [5.41, 5.74) is 11.0. The Labute approximate surface area is 142 Å². The van der Waals surface area contributed by atoms with Crippen molar-refractivity contribution in [1.29, 1.82) is 0 Å². The SMILES string of the molecule is [NH-]C(Cc1ccccc1)=NC(=Nc1ccccc1)c1ccccc1. The third-order valence-corrected chi connectivity index (χ3v) is 3.48. The van der Waals surface area contributed by atoms with Gasteiger partial charge in [0.25, 0.3) is 0 Å². The predicted molar refractivity (Wildman–Crippen MR) is 101 cm³/mol. The van der Waals surface area contributed by atoms with E-state index in [4.69, 9.17) is 5.73 Å². The maximum atomic E-state index is 8.22. The topological polar surface area (TPSA) is 48.5 Å². The average Bonchev–Trinajstić information content (AvgIpc) is 2.63. The molecular formula is C21H18N3-. The van der Waals surface area contributed by atoms with Crippen molar-refractivity contribution in [3.05, 3.63) is 108 Å². The lowest BCUT2D eigenvalue weighted by Gasteiger charge is -2.14. The monoisotopic (exact) mass is 312 g/mol. The molecule has 0 spiro atoms. The highest BCUT2D eigenvalue weighted by molar-refractivity contribution is 6.09. The van der Waals surface area contributed by atoms with Crippen LogP contribution in [0.4, 0.5) is 5.69 Å². The highest BCUT2D eigenvalue weighted by Crippen LogP contribution is 2.14. The van der Waals surface area contributed by atoms with Crippen LogP contribution in [0.3, 0.4) is 0 Å². The summed E-state index contributed by atoms with van der Waals surface area (Å²) in [6, 6.07) is 29.4. The molecular weight excluding hydrogens is 294 g/mol. The molecule has 3 aromatic rings. The van der Waals surface area contributed by atoms with Crippen molar-refractivity contribution in [3.8, 4) is 0 Å². The summed E-state index contributed by atoms with van der Waals surface area (Å²) in [5, 5.41) is 0. The Hall–Kier alpha value is -3.20. The normalized spacial score (nSPS) is 12.2. The zero-order valence-corrected chi connectivity index (χ0v) is 13.3. The molecule has 0 fully saturated rings. The van der Waals surface area contributed by atoms with Crippen LogP contribution in [0, 0.1) is 0 Å². The van der Waals surface area contributed by atoms with Crippen molar-refractivity contribution in [2.45, 2.75) is 6.42 Å². The minimum Gasteiger partial charge on any atom is -0.485 e. The third kappa shape index (κ3) is 4.40. The first-order valence-electron chi connectivity index (χ1n) is 7.83. The Bertz CT molecular complexity index is 823. The van der Waals surface area contributed by atoms with Crippen LogP contribution in [0.25, 0.3) is 5.73 Å². The van der Waals surface area contributed by atoms with Gasteiger partial charge in [0.1, 0.15) is 0 Å². The minimum atomic E-state index is 0.291. The maximum Gasteiger partial charge on any atom is 0.0632 e. The number of hydrogen-bond acceptors (Lipinski definition) is 1. The van der Waals surface area contributed by atoms with E-state index in [0.717, 1.165) is 16.8 Å². The zero-order chi connectivity index (χ0) is 16.6. The number of benzene rings is 3. The molecule has 0 heterocycles. The number of para-hydroxylation sites is 1. The molecule has 0 atom stereocenters. The van der Waals surface area contributed by atoms with Crippen LogP contribution >= 0.6 is 0 Å². The maximum absolute atomic E-state index is 8.22. The summed E-state index contributed by atoms with van der Waals surface area (Å²) in [5.74, 6) is 0.850. The second-order valence-electron chi connectivity index (χ2n) is 5.36. The highest BCUT2D eigenvalue weighted by Gasteiger charge is 1.98. The van der Waals surface area contributed by atoms with Gasteiger partial charge in [0, 0.05) is 0 Å². The van der Waals surface area contributed by atoms with E-state index in [1.807, 2.05) is 91.0 Å². The van der Waals surface area contributed by atoms with Gasteiger partial charge in [0.2, 0.25) is 0 Å². The van der Waals surface area contributed by atoms with Crippen molar-refractivity contribution in [3.63, 3.8) is 0 Å². The lowest BCUT2D eigenvalue weighted by molar-refractivity contribution is 1.32. The Kier molecular flexibility index (Phi) is 5.15. The third-order valence-electron chi connectivity index (χ3n) is 3.48. The first-order valence-corrected chi connectivity index (χ1v) is 7.83. The van der Waals surface area contributed by atoms with Crippen LogP contribution in [0.2, 0.25) is 0 Å². The van der Waals surface area contributed by atoms with Gasteiger partial charge in [-0.3, -0.25) is 4.99 Å². The Morgan fingerprint density at radius 1 is 0.708 bits per heavy atom. The van der Waals surface area contributed by atoms with Gasteiger partial charge in [-0.05, 0) is 29.7 Å². The molecule has 0 aliphatic rings. The molecule has 0 saturated carbocycles. The molecule has 3 rings (SSSR count). The molecule has 24 heavy (non-hydrogen) atoms. The molecule has 0 saturated heterocycles. The fourth-order valence-electron chi connectivity index (χ4n) is 2.32. The van der Waals surface area contributed by atoms with Crippen LogP contribution in [0.5, 0.6) is 0 Å². The minimum absolute atomic E-state index is 0.291. The van der Waals surface area contributed by atoms with Crippen LogP contribution in [0.1, 0.15) is 11.1 Å². The summed E-state index contributed by atoms with van der Waals surface area (Å²) in [4.78, 5) is 9.09. The van der Waals surface area contributed by atoms with Crippen molar-refractivity contribution in [2.24, 2.45) is 9.98 Å². The molecule has 1 N–H and O–H groups in total.